The topological polar surface area (TPSA) is 233 Å². The lowest BCUT2D eigenvalue weighted by atomic mass is 9.88. The quantitative estimate of drug-likeness (QED) is 0.0402. The van der Waals surface area contributed by atoms with Gasteiger partial charge in [-0.3, -0.25) is 29.0 Å². The molecular formula is C63H80F2N12O9S. The number of halogens is 2. The minimum absolute atomic E-state index is 0.00645. The number of carbonyl (C=O) groups excluding carboxylic acids is 5. The van der Waals surface area contributed by atoms with Gasteiger partial charge in [-0.05, 0) is 123 Å². The van der Waals surface area contributed by atoms with Gasteiger partial charge in [0.15, 0.2) is 0 Å². The van der Waals surface area contributed by atoms with Crippen LogP contribution in [0.15, 0.2) is 66.3 Å². The van der Waals surface area contributed by atoms with Crippen molar-refractivity contribution in [1.29, 1.82) is 0 Å². The first-order chi connectivity index (χ1) is 42.1. The van der Waals surface area contributed by atoms with Crippen LogP contribution in [0, 0.1) is 24.1 Å². The summed E-state index contributed by atoms with van der Waals surface area (Å²) in [4.78, 5) is 88.7. The van der Waals surface area contributed by atoms with Gasteiger partial charge in [-0.1, -0.05) is 25.3 Å². The van der Waals surface area contributed by atoms with Gasteiger partial charge in [0.2, 0.25) is 17.7 Å². The Kier molecular flexibility index (Phi) is 22.7. The number of rotatable bonds is 27. The zero-order valence-corrected chi connectivity index (χ0v) is 50.8. The molecule has 5 aliphatic heterocycles. The second kappa shape index (κ2) is 30.7. The number of aliphatic imine (C=N–C) groups is 1. The van der Waals surface area contributed by atoms with Gasteiger partial charge >= 0.3 is 0 Å². The van der Waals surface area contributed by atoms with E-state index in [2.05, 4.69) is 31.9 Å². The highest BCUT2D eigenvalue weighted by Crippen LogP contribution is 2.44. The lowest BCUT2D eigenvalue weighted by Crippen LogP contribution is -2.58. The molecule has 9 rings (SSSR count). The number of Topliss-reactive ketones (excluding diaryl/α,β-unsaturated/α-hetero) is 1. The molecule has 7 heterocycles. The number of likely N-dealkylation sites (N-methyl/N-ethyl adjacent to an activating group) is 1. The number of anilines is 2. The Bertz CT molecular complexity index is 3190. The molecule has 21 nitrogen and oxygen atoms in total. The molecular weight excluding hydrogens is 1140 g/mol. The summed E-state index contributed by atoms with van der Waals surface area (Å²) in [7, 11) is 3.36. The van der Waals surface area contributed by atoms with E-state index in [1.54, 1.807) is 60.7 Å². The number of nitrogens with one attached hydrogen (secondary N) is 2. The van der Waals surface area contributed by atoms with Crippen molar-refractivity contribution in [1.82, 2.24) is 40.1 Å². The first kappa shape index (κ1) is 64.3. The summed E-state index contributed by atoms with van der Waals surface area (Å²) >= 11 is 1.62. The number of amides is 4. The van der Waals surface area contributed by atoms with Crippen LogP contribution in [0.2, 0.25) is 0 Å². The highest BCUT2D eigenvalue weighted by molar-refractivity contribution is 8.14. The van der Waals surface area contributed by atoms with Crippen LogP contribution < -0.4 is 21.3 Å². The highest BCUT2D eigenvalue weighted by Gasteiger charge is 2.43. The number of nitrogens with two attached hydrogens (primary N) is 1. The van der Waals surface area contributed by atoms with Crippen LogP contribution in [0.1, 0.15) is 104 Å². The Morgan fingerprint density at radius 2 is 1.53 bits per heavy atom. The van der Waals surface area contributed by atoms with Gasteiger partial charge < -0.3 is 59.8 Å². The summed E-state index contributed by atoms with van der Waals surface area (Å²) in [5.41, 5.74) is 11.4. The lowest BCUT2D eigenvalue weighted by molar-refractivity contribution is -0.140. The number of ketones is 1. The van der Waals surface area contributed by atoms with Gasteiger partial charge in [0.1, 0.15) is 35.0 Å². The van der Waals surface area contributed by atoms with E-state index < -0.39 is 17.9 Å². The predicted octanol–water partition coefficient (Wildman–Crippen LogP) is 7.03. The molecule has 3 fully saturated rings. The smallest absolute Gasteiger partial charge is 0.260 e. The van der Waals surface area contributed by atoms with Crippen LogP contribution in [-0.4, -0.2) is 187 Å². The van der Waals surface area contributed by atoms with Crippen molar-refractivity contribution in [2.45, 2.75) is 114 Å². The van der Waals surface area contributed by atoms with Crippen LogP contribution in [-0.2, 0) is 51.2 Å². The van der Waals surface area contributed by atoms with E-state index >= 15 is 0 Å². The van der Waals surface area contributed by atoms with Crippen molar-refractivity contribution in [3.05, 3.63) is 107 Å². The fraction of sp³-hybridized carbons (Fsp3) is 0.540. The van der Waals surface area contributed by atoms with Gasteiger partial charge in [0.05, 0.1) is 107 Å². The second-order valence-corrected chi connectivity index (χ2v) is 23.7. The number of carbonyl (C=O) groups is 5. The molecule has 2 aromatic carbocycles. The van der Waals surface area contributed by atoms with Crippen LogP contribution in [0.5, 0.6) is 0 Å². The fourth-order valence-corrected chi connectivity index (χ4v) is 13.3. The van der Waals surface area contributed by atoms with Crippen molar-refractivity contribution in [3.8, 4) is 11.1 Å². The van der Waals surface area contributed by atoms with E-state index in [1.807, 2.05) is 11.0 Å². The molecule has 466 valence electrons. The minimum atomic E-state index is -0.756. The van der Waals surface area contributed by atoms with Crippen molar-refractivity contribution < 1.29 is 51.7 Å². The summed E-state index contributed by atoms with van der Waals surface area (Å²) in [5, 5.41) is 11.7. The number of pyridine rings is 1. The third kappa shape index (κ3) is 16.0. The molecule has 3 saturated heterocycles. The Hall–Kier alpha value is -7.14. The van der Waals surface area contributed by atoms with Gasteiger partial charge in [-0.2, -0.15) is 4.68 Å². The molecule has 24 heteroatoms. The van der Waals surface area contributed by atoms with Gasteiger partial charge in [0.25, 0.3) is 11.7 Å². The van der Waals surface area contributed by atoms with E-state index in [0.717, 1.165) is 35.4 Å². The van der Waals surface area contributed by atoms with Crippen LogP contribution in [0.25, 0.3) is 21.5 Å². The number of thioether (sulfide) groups is 1. The van der Waals surface area contributed by atoms with Gasteiger partial charge in [0, 0.05) is 69.1 Å². The summed E-state index contributed by atoms with van der Waals surface area (Å²) in [6.45, 7) is 19.1. The molecule has 4 N–H and O–H groups in total. The maximum atomic E-state index is 14.7. The number of aryl methyl sites for hydroxylation is 1. The molecule has 0 aliphatic carbocycles. The van der Waals surface area contributed by atoms with Crippen molar-refractivity contribution >= 4 is 69.1 Å². The Morgan fingerprint density at radius 1 is 0.862 bits per heavy atom. The molecule has 5 atom stereocenters. The van der Waals surface area contributed by atoms with Gasteiger partial charge in [-0.25, -0.2) is 13.8 Å². The molecule has 87 heavy (non-hydrogen) atoms. The monoisotopic (exact) mass is 1220 g/mol. The first-order valence-corrected chi connectivity index (χ1v) is 31.2. The van der Waals surface area contributed by atoms with Crippen molar-refractivity contribution in [3.63, 3.8) is 0 Å². The number of hydrogen-bond acceptors (Lipinski definition) is 16. The van der Waals surface area contributed by atoms with E-state index in [1.165, 1.54) is 35.2 Å². The van der Waals surface area contributed by atoms with E-state index in [-0.39, 0.29) is 116 Å². The number of fused-ring (bicyclic) bond motifs is 8. The number of nitrogen functional groups attached to an aromatic ring is 1. The molecule has 0 saturated carbocycles. The predicted molar refractivity (Wildman–Crippen MR) is 328 cm³/mol. The molecule has 2 aromatic heterocycles. The Morgan fingerprint density at radius 3 is 2.23 bits per heavy atom. The number of likely N-dealkylation sites (tertiary alicyclic amines) is 2. The second-order valence-electron chi connectivity index (χ2n) is 22.7. The summed E-state index contributed by atoms with van der Waals surface area (Å²) in [6.07, 6.45) is 6.89. The number of nitrogens with zero attached hydrogens (tertiary/aromatic N) is 9. The number of piperidine rings is 1. The Labute approximate surface area is 511 Å². The average Bonchev–Trinajstić information content (AvgIpc) is 2.24. The SMILES string of the molecule is [C-]#[N+]c1c2c(nn1CCCC(=O)CCOCCOCCOCCOCCC(=O)N1CCC([C@@H](NC(=O)[C@@H](C)NC)C(=O)N3CCC[C@@H]3C3=NC(C(=C)c4ccc(F)cc4)CS3)CC1)CN(C)C(=O)c1ccc(F)cc1[C@H]1CCCN1c1cc-2cnc1N. The summed E-state index contributed by atoms with van der Waals surface area (Å²) in [6, 6.07) is 10.4. The third-order valence-corrected chi connectivity index (χ3v) is 18.1. The van der Waals surface area contributed by atoms with Crippen molar-refractivity contribution in [2.75, 3.05) is 110 Å². The van der Waals surface area contributed by atoms with Crippen molar-refractivity contribution in [2.24, 2.45) is 10.9 Å². The summed E-state index contributed by atoms with van der Waals surface area (Å²) < 4.78 is 52.6. The van der Waals surface area contributed by atoms with E-state index in [4.69, 9.17) is 41.3 Å². The largest absolute Gasteiger partial charge is 0.382 e. The van der Waals surface area contributed by atoms with Crippen LogP contribution >= 0.6 is 11.8 Å². The molecule has 0 radical (unpaired) electrons. The number of aromatic nitrogens is 3. The minimum Gasteiger partial charge on any atom is -0.382 e. The van der Waals surface area contributed by atoms with E-state index in [9.17, 15) is 32.8 Å². The van der Waals surface area contributed by atoms with Gasteiger partial charge in [-0.15, -0.1) is 16.9 Å². The molecule has 4 aromatic rings. The zero-order chi connectivity index (χ0) is 61.6. The first-order valence-electron chi connectivity index (χ1n) is 30.2. The van der Waals surface area contributed by atoms with Crippen LogP contribution in [0.4, 0.5) is 26.1 Å². The highest BCUT2D eigenvalue weighted by atomic mass is 32.2. The standard InChI is InChI=1S/C63H80F2N12O9S/c1-40(42-12-14-45(64)15-13-42)51-39-87-61(70-51)53-11-8-23-76(53)63(82)57(71-60(80)41(2)67-3)43-18-25-74(26-19-43)55(79)21-28-84-30-32-86-34-33-85-31-29-83-27-20-47(78)9-6-24-77-59(68-4)56-44-35-54(58(66)69-37-44)75-22-7-10-52(75)49-36-46(65)16-17-48(49)62(81)73(5)38-50(56)72-77/h12-17,35-37,41,43,51-53,57,67H,1,6-11,18-34,38-39H2,2-3,5H3,(H2,66,69)(H,71,80)/t41-,51?,52-,53-,57-/m1/s1. The number of hydrogen-bond donors (Lipinski definition) is 3. The summed E-state index contributed by atoms with van der Waals surface area (Å²) in [5.74, 6) is -0.395. The normalized spacial score (nSPS) is 19.3. The van der Waals surface area contributed by atoms with Crippen LogP contribution in [0.3, 0.4) is 0 Å². The maximum absolute atomic E-state index is 14.7. The average molecular weight is 1220 g/mol. The molecule has 2 bridgehead atoms. The number of ether oxygens (including phenoxy) is 4. The molecule has 5 aliphatic rings. The zero-order valence-electron chi connectivity index (χ0n) is 50.0. The maximum Gasteiger partial charge on any atom is 0.260 e. The molecule has 1 unspecified atom stereocenters. The van der Waals surface area contributed by atoms with E-state index in [0.29, 0.717) is 131 Å². The number of benzene rings is 2. The molecule has 0 spiro atoms. The fourth-order valence-electron chi connectivity index (χ4n) is 12.1. The Balaban J connectivity index is 0.633. The molecule has 4 amide bonds. The lowest BCUT2D eigenvalue weighted by Gasteiger charge is -2.38. The third-order valence-electron chi connectivity index (χ3n) is 17.0.